The van der Waals surface area contributed by atoms with E-state index in [0.29, 0.717) is 31.3 Å². The lowest BCUT2D eigenvalue weighted by molar-refractivity contribution is -0.140. The minimum Gasteiger partial charge on any atom is -0.384 e. The number of aromatic nitrogens is 2. The molecule has 1 heterocycles. The smallest absolute Gasteiger partial charge is 0.246 e. The second-order valence-electron chi connectivity index (χ2n) is 5.10. The highest BCUT2D eigenvalue weighted by atomic mass is 16.5. The van der Waals surface area contributed by atoms with E-state index in [1.807, 2.05) is 0 Å². The molecule has 1 aliphatic rings. The van der Waals surface area contributed by atoms with Gasteiger partial charge in [-0.3, -0.25) is 4.79 Å². The molecule has 0 saturated heterocycles. The highest BCUT2D eigenvalue weighted by molar-refractivity contribution is 5.83. The second kappa shape index (κ2) is 6.81. The van der Waals surface area contributed by atoms with Crippen LogP contribution < -0.4 is 5.32 Å². The molecule has 2 rings (SSSR count). The molecule has 0 unspecified atom stereocenters. The van der Waals surface area contributed by atoms with Gasteiger partial charge < -0.3 is 19.3 Å². The van der Waals surface area contributed by atoms with Crippen molar-refractivity contribution in [1.82, 2.24) is 15.5 Å². The molecule has 1 N–H and O–H groups in total. The van der Waals surface area contributed by atoms with Crippen molar-refractivity contribution in [3.63, 3.8) is 0 Å². The minimum absolute atomic E-state index is 0.00208. The number of carbonyl (C=O) groups excluding carboxylic acids is 1. The zero-order valence-electron chi connectivity index (χ0n) is 12.0. The maximum atomic E-state index is 12.2. The lowest BCUT2D eigenvalue weighted by Crippen LogP contribution is -2.48. The number of rotatable bonds is 8. The third-order valence-corrected chi connectivity index (χ3v) is 3.65. The Hall–Kier alpha value is -1.47. The zero-order valence-corrected chi connectivity index (χ0v) is 12.0. The number of nitrogens with one attached hydrogen (secondary N) is 1. The van der Waals surface area contributed by atoms with Crippen molar-refractivity contribution in [3.05, 3.63) is 11.7 Å². The Kier molecular flexibility index (Phi) is 5.08. The van der Waals surface area contributed by atoms with Crippen LogP contribution in [0.5, 0.6) is 0 Å². The molecule has 112 valence electrons. The van der Waals surface area contributed by atoms with Gasteiger partial charge in [0.2, 0.25) is 11.8 Å². The molecule has 1 amide bonds. The fourth-order valence-electron chi connectivity index (χ4n) is 2.32. The molecule has 1 fully saturated rings. The molecule has 0 bridgehead atoms. The van der Waals surface area contributed by atoms with Crippen LogP contribution in [0.3, 0.4) is 0 Å². The van der Waals surface area contributed by atoms with E-state index in [2.05, 4.69) is 15.5 Å². The Labute approximate surface area is 118 Å². The standard InChI is InChI=1S/C13H21N3O4/c1-18-7-4-10-15-11(20-16-10)8-14-12(17)13(9-19-2)5-3-6-13/h3-9H2,1-2H3,(H,14,17). The molecule has 0 aliphatic heterocycles. The second-order valence-corrected chi connectivity index (χ2v) is 5.10. The summed E-state index contributed by atoms with van der Waals surface area (Å²) in [5, 5.41) is 6.67. The van der Waals surface area contributed by atoms with Gasteiger partial charge in [-0.2, -0.15) is 4.98 Å². The van der Waals surface area contributed by atoms with E-state index in [1.54, 1.807) is 14.2 Å². The van der Waals surface area contributed by atoms with Crippen LogP contribution >= 0.6 is 0 Å². The molecule has 20 heavy (non-hydrogen) atoms. The monoisotopic (exact) mass is 283 g/mol. The molecule has 0 atom stereocenters. The number of hydrogen-bond acceptors (Lipinski definition) is 6. The molecular weight excluding hydrogens is 262 g/mol. The third-order valence-electron chi connectivity index (χ3n) is 3.65. The highest BCUT2D eigenvalue weighted by Gasteiger charge is 2.44. The predicted octanol–water partition coefficient (Wildman–Crippen LogP) is 0.691. The average molecular weight is 283 g/mol. The Balaban J connectivity index is 1.82. The fourth-order valence-corrected chi connectivity index (χ4v) is 2.32. The van der Waals surface area contributed by atoms with E-state index in [9.17, 15) is 4.79 Å². The number of ether oxygens (including phenoxy) is 2. The maximum absolute atomic E-state index is 12.2. The molecule has 7 nitrogen and oxygen atoms in total. The first-order valence-electron chi connectivity index (χ1n) is 6.78. The van der Waals surface area contributed by atoms with Crippen LogP contribution in [0.25, 0.3) is 0 Å². The Morgan fingerprint density at radius 3 is 2.80 bits per heavy atom. The first-order chi connectivity index (χ1) is 9.70. The van der Waals surface area contributed by atoms with Crippen LogP contribution in [-0.4, -0.2) is 43.5 Å². The van der Waals surface area contributed by atoms with Crippen molar-refractivity contribution in [3.8, 4) is 0 Å². The van der Waals surface area contributed by atoms with Crippen LogP contribution in [0.15, 0.2) is 4.52 Å². The number of amides is 1. The summed E-state index contributed by atoms with van der Waals surface area (Å²) in [4.78, 5) is 16.4. The third kappa shape index (κ3) is 3.34. The highest BCUT2D eigenvalue weighted by Crippen LogP contribution is 2.41. The van der Waals surface area contributed by atoms with Crippen LogP contribution in [-0.2, 0) is 27.2 Å². The van der Waals surface area contributed by atoms with Gasteiger partial charge in [0.15, 0.2) is 5.82 Å². The first-order valence-corrected chi connectivity index (χ1v) is 6.78. The van der Waals surface area contributed by atoms with Gasteiger partial charge in [-0.25, -0.2) is 0 Å². The Bertz CT molecular complexity index is 443. The molecule has 0 aromatic carbocycles. The molecule has 0 radical (unpaired) electrons. The Morgan fingerprint density at radius 1 is 1.40 bits per heavy atom. The summed E-state index contributed by atoms with van der Waals surface area (Å²) >= 11 is 0. The van der Waals surface area contributed by atoms with E-state index in [-0.39, 0.29) is 17.9 Å². The van der Waals surface area contributed by atoms with Crippen molar-refractivity contribution < 1.29 is 18.8 Å². The summed E-state index contributed by atoms with van der Waals surface area (Å²) < 4.78 is 15.2. The van der Waals surface area contributed by atoms with E-state index >= 15 is 0 Å². The summed E-state index contributed by atoms with van der Waals surface area (Å²) in [7, 11) is 3.24. The number of hydrogen-bond donors (Lipinski definition) is 1. The van der Waals surface area contributed by atoms with Gasteiger partial charge in [-0.15, -0.1) is 0 Å². The normalized spacial score (nSPS) is 16.7. The Morgan fingerprint density at radius 2 is 2.20 bits per heavy atom. The van der Waals surface area contributed by atoms with E-state index in [0.717, 1.165) is 19.3 Å². The SMILES string of the molecule is COCCc1noc(CNC(=O)C2(COC)CCC2)n1. The largest absolute Gasteiger partial charge is 0.384 e. The van der Waals surface area contributed by atoms with Gasteiger partial charge in [0.25, 0.3) is 0 Å². The average Bonchev–Trinajstić information content (AvgIpc) is 2.85. The molecule has 1 aromatic heterocycles. The van der Waals surface area contributed by atoms with Gasteiger partial charge in [0.1, 0.15) is 0 Å². The van der Waals surface area contributed by atoms with Gasteiger partial charge in [0, 0.05) is 20.6 Å². The summed E-state index contributed by atoms with van der Waals surface area (Å²) in [6.07, 6.45) is 3.41. The van der Waals surface area contributed by atoms with E-state index in [1.165, 1.54) is 0 Å². The molecule has 0 spiro atoms. The van der Waals surface area contributed by atoms with Crippen molar-refractivity contribution >= 4 is 5.91 Å². The summed E-state index contributed by atoms with van der Waals surface area (Å²) in [5.74, 6) is 1.00. The predicted molar refractivity (Wildman–Crippen MR) is 69.9 cm³/mol. The summed E-state index contributed by atoms with van der Waals surface area (Å²) in [6, 6.07) is 0. The lowest BCUT2D eigenvalue weighted by Gasteiger charge is -2.39. The molecule has 1 saturated carbocycles. The van der Waals surface area contributed by atoms with Gasteiger partial charge in [0.05, 0.1) is 25.2 Å². The fraction of sp³-hybridized carbons (Fsp3) is 0.769. The first kappa shape index (κ1) is 14.9. The van der Waals surface area contributed by atoms with Gasteiger partial charge in [-0.05, 0) is 12.8 Å². The number of methoxy groups -OCH3 is 2. The van der Waals surface area contributed by atoms with E-state index in [4.69, 9.17) is 14.0 Å². The van der Waals surface area contributed by atoms with Crippen LogP contribution in [0, 0.1) is 5.41 Å². The van der Waals surface area contributed by atoms with Crippen LogP contribution in [0.4, 0.5) is 0 Å². The van der Waals surface area contributed by atoms with Gasteiger partial charge >= 0.3 is 0 Å². The summed E-state index contributed by atoms with van der Waals surface area (Å²) in [5.41, 5.74) is -0.367. The lowest BCUT2D eigenvalue weighted by atomic mass is 9.68. The quantitative estimate of drug-likeness (QED) is 0.755. The van der Waals surface area contributed by atoms with E-state index < -0.39 is 0 Å². The molecule has 1 aliphatic carbocycles. The maximum Gasteiger partial charge on any atom is 0.246 e. The van der Waals surface area contributed by atoms with Crippen molar-refractivity contribution in [2.45, 2.75) is 32.2 Å². The van der Waals surface area contributed by atoms with Crippen molar-refractivity contribution in [2.75, 3.05) is 27.4 Å². The number of nitrogens with zero attached hydrogens (tertiary/aromatic N) is 2. The topological polar surface area (TPSA) is 86.5 Å². The zero-order chi connectivity index (χ0) is 14.4. The molecule has 1 aromatic rings. The molecular formula is C13H21N3O4. The summed E-state index contributed by atoms with van der Waals surface area (Å²) in [6.45, 7) is 1.26. The van der Waals surface area contributed by atoms with Crippen molar-refractivity contribution in [2.24, 2.45) is 5.41 Å². The van der Waals surface area contributed by atoms with Gasteiger partial charge in [-0.1, -0.05) is 11.6 Å². The number of carbonyl (C=O) groups is 1. The molecule has 7 heteroatoms. The minimum atomic E-state index is -0.367. The van der Waals surface area contributed by atoms with Crippen LogP contribution in [0.1, 0.15) is 31.0 Å². The van der Waals surface area contributed by atoms with Crippen molar-refractivity contribution in [1.29, 1.82) is 0 Å². The van der Waals surface area contributed by atoms with Crippen LogP contribution in [0.2, 0.25) is 0 Å².